The maximum Gasteiger partial charge on any atom is 0.128 e. The van der Waals surface area contributed by atoms with Crippen molar-refractivity contribution in [2.45, 2.75) is 0 Å². The molecule has 4 heteroatoms. The van der Waals surface area contributed by atoms with E-state index in [4.69, 9.17) is 4.74 Å². The largest absolute Gasteiger partial charge is 0.507 e. The first-order valence-corrected chi connectivity index (χ1v) is 6.32. The van der Waals surface area contributed by atoms with Crippen molar-refractivity contribution in [1.82, 2.24) is 4.98 Å². The Bertz CT molecular complexity index is 706. The quantitative estimate of drug-likeness (QED) is 0.761. The molecule has 1 heterocycles. The summed E-state index contributed by atoms with van der Waals surface area (Å²) in [6.45, 7) is 0. The summed E-state index contributed by atoms with van der Waals surface area (Å²) < 4.78 is 6.24. The van der Waals surface area contributed by atoms with Gasteiger partial charge in [0.25, 0.3) is 0 Å². The topological polar surface area (TPSA) is 42.4 Å². The third-order valence-electron chi connectivity index (χ3n) is 2.73. The van der Waals surface area contributed by atoms with Crippen LogP contribution in [0, 0.1) is 0 Å². The zero-order valence-electron chi connectivity index (χ0n) is 9.75. The Balaban J connectivity index is 2.17. The monoisotopic (exact) mass is 257 g/mol. The molecule has 0 unspecified atom stereocenters. The number of phenolic OH excluding ortho intramolecular Hbond substituents is 1. The van der Waals surface area contributed by atoms with Crippen LogP contribution < -0.4 is 4.74 Å². The number of aromatic hydroxyl groups is 1. The van der Waals surface area contributed by atoms with Gasteiger partial charge < -0.3 is 9.84 Å². The Hall–Kier alpha value is -2.07. The molecule has 0 spiro atoms. The van der Waals surface area contributed by atoms with Gasteiger partial charge in [0.1, 0.15) is 16.5 Å². The molecule has 0 aliphatic rings. The normalized spacial score (nSPS) is 10.7. The lowest BCUT2D eigenvalue weighted by atomic mass is 10.2. The van der Waals surface area contributed by atoms with Crippen molar-refractivity contribution in [3.63, 3.8) is 0 Å². The Morgan fingerprint density at radius 3 is 2.78 bits per heavy atom. The van der Waals surface area contributed by atoms with Gasteiger partial charge in [-0.25, -0.2) is 4.98 Å². The molecule has 0 saturated carbocycles. The molecular formula is C14H11NO2S. The van der Waals surface area contributed by atoms with Gasteiger partial charge in [-0.3, -0.25) is 0 Å². The number of thiazole rings is 1. The molecule has 0 atom stereocenters. The maximum absolute atomic E-state index is 9.83. The highest BCUT2D eigenvalue weighted by Gasteiger charge is 2.10. The Morgan fingerprint density at radius 2 is 2.00 bits per heavy atom. The third kappa shape index (κ3) is 1.80. The SMILES string of the molecule is COc1ccc2nc(-c3ccccc3O)sc2c1. The predicted molar refractivity (Wildman–Crippen MR) is 73.3 cm³/mol. The van der Waals surface area contributed by atoms with Gasteiger partial charge in [-0.1, -0.05) is 12.1 Å². The van der Waals surface area contributed by atoms with Crippen molar-refractivity contribution in [2.75, 3.05) is 7.11 Å². The van der Waals surface area contributed by atoms with Gasteiger partial charge in [-0.05, 0) is 30.3 Å². The van der Waals surface area contributed by atoms with Crippen molar-refractivity contribution in [2.24, 2.45) is 0 Å². The summed E-state index contributed by atoms with van der Waals surface area (Å²) in [6.07, 6.45) is 0. The molecule has 1 aromatic heterocycles. The van der Waals surface area contributed by atoms with E-state index in [1.54, 1.807) is 30.6 Å². The van der Waals surface area contributed by atoms with Gasteiger partial charge in [-0.2, -0.15) is 0 Å². The third-order valence-corrected chi connectivity index (χ3v) is 3.78. The lowest BCUT2D eigenvalue weighted by molar-refractivity contribution is 0.415. The molecule has 3 aromatic rings. The first-order chi connectivity index (χ1) is 8.78. The highest BCUT2D eigenvalue weighted by molar-refractivity contribution is 7.21. The van der Waals surface area contributed by atoms with E-state index in [-0.39, 0.29) is 5.75 Å². The number of benzene rings is 2. The first-order valence-electron chi connectivity index (χ1n) is 5.51. The molecule has 1 N–H and O–H groups in total. The van der Waals surface area contributed by atoms with Crippen molar-refractivity contribution in [3.8, 4) is 22.1 Å². The molecule has 2 aromatic carbocycles. The van der Waals surface area contributed by atoms with E-state index in [0.29, 0.717) is 0 Å². The summed E-state index contributed by atoms with van der Waals surface area (Å²) in [5.41, 5.74) is 1.68. The van der Waals surface area contributed by atoms with E-state index >= 15 is 0 Å². The van der Waals surface area contributed by atoms with Gasteiger partial charge in [0.2, 0.25) is 0 Å². The summed E-state index contributed by atoms with van der Waals surface area (Å²) in [6, 6.07) is 13.0. The van der Waals surface area contributed by atoms with E-state index in [1.807, 2.05) is 30.3 Å². The van der Waals surface area contributed by atoms with Crippen LogP contribution in [0.5, 0.6) is 11.5 Å². The standard InChI is InChI=1S/C14H11NO2S/c1-17-9-6-7-11-13(8-9)18-14(15-11)10-4-2-3-5-12(10)16/h2-8,16H,1H3. The maximum atomic E-state index is 9.83. The number of para-hydroxylation sites is 1. The Kier molecular flexibility index (Phi) is 2.64. The number of rotatable bonds is 2. The molecule has 0 bridgehead atoms. The molecule has 0 aliphatic carbocycles. The van der Waals surface area contributed by atoms with Crippen molar-refractivity contribution < 1.29 is 9.84 Å². The van der Waals surface area contributed by atoms with Crippen LogP contribution in [0.4, 0.5) is 0 Å². The average molecular weight is 257 g/mol. The molecule has 0 saturated heterocycles. The smallest absolute Gasteiger partial charge is 0.128 e. The lowest BCUT2D eigenvalue weighted by Crippen LogP contribution is -1.80. The zero-order chi connectivity index (χ0) is 12.5. The molecule has 0 radical (unpaired) electrons. The first kappa shape index (κ1) is 11.0. The number of ether oxygens (including phenoxy) is 1. The number of methoxy groups -OCH3 is 1. The Labute approximate surface area is 108 Å². The van der Waals surface area contributed by atoms with Crippen molar-refractivity contribution in [3.05, 3.63) is 42.5 Å². The van der Waals surface area contributed by atoms with Crippen LogP contribution in [-0.2, 0) is 0 Å². The van der Waals surface area contributed by atoms with E-state index in [0.717, 1.165) is 26.5 Å². The van der Waals surface area contributed by atoms with Crippen LogP contribution in [0.1, 0.15) is 0 Å². The second-order valence-corrected chi connectivity index (χ2v) is 4.90. The molecule has 3 nitrogen and oxygen atoms in total. The van der Waals surface area contributed by atoms with Crippen LogP contribution in [0.2, 0.25) is 0 Å². The van der Waals surface area contributed by atoms with Crippen molar-refractivity contribution >= 4 is 21.6 Å². The zero-order valence-corrected chi connectivity index (χ0v) is 10.6. The fourth-order valence-corrected chi connectivity index (χ4v) is 2.83. The predicted octanol–water partition coefficient (Wildman–Crippen LogP) is 3.68. The second-order valence-electron chi connectivity index (χ2n) is 3.87. The van der Waals surface area contributed by atoms with Crippen LogP contribution in [0.15, 0.2) is 42.5 Å². The minimum absolute atomic E-state index is 0.253. The minimum atomic E-state index is 0.253. The number of nitrogens with zero attached hydrogens (tertiary/aromatic N) is 1. The molecule has 3 rings (SSSR count). The lowest BCUT2D eigenvalue weighted by Gasteiger charge is -1.98. The van der Waals surface area contributed by atoms with E-state index in [9.17, 15) is 5.11 Å². The highest BCUT2D eigenvalue weighted by Crippen LogP contribution is 2.35. The van der Waals surface area contributed by atoms with Gasteiger partial charge in [0.15, 0.2) is 0 Å². The van der Waals surface area contributed by atoms with Crippen LogP contribution in [0.25, 0.3) is 20.8 Å². The second kappa shape index (κ2) is 4.31. The highest BCUT2D eigenvalue weighted by atomic mass is 32.1. The summed E-state index contributed by atoms with van der Waals surface area (Å²) in [5, 5.41) is 10.6. The summed E-state index contributed by atoms with van der Waals surface area (Å²) in [7, 11) is 1.64. The van der Waals surface area contributed by atoms with Crippen molar-refractivity contribution in [1.29, 1.82) is 0 Å². The fourth-order valence-electron chi connectivity index (χ4n) is 1.80. The van der Waals surface area contributed by atoms with Crippen LogP contribution in [-0.4, -0.2) is 17.2 Å². The Morgan fingerprint density at radius 1 is 1.17 bits per heavy atom. The number of aromatic nitrogens is 1. The molecular weight excluding hydrogens is 246 g/mol. The molecule has 0 amide bonds. The number of fused-ring (bicyclic) bond motifs is 1. The van der Waals surface area contributed by atoms with Gasteiger partial charge >= 0.3 is 0 Å². The van der Waals surface area contributed by atoms with Crippen LogP contribution in [0.3, 0.4) is 0 Å². The van der Waals surface area contributed by atoms with E-state index in [1.165, 1.54) is 0 Å². The number of phenols is 1. The van der Waals surface area contributed by atoms with E-state index in [2.05, 4.69) is 4.98 Å². The fraction of sp³-hybridized carbons (Fsp3) is 0.0714. The van der Waals surface area contributed by atoms with Crippen LogP contribution >= 0.6 is 11.3 Å². The van der Waals surface area contributed by atoms with Gasteiger partial charge in [0.05, 0.1) is 22.9 Å². The molecule has 0 aliphatic heterocycles. The molecule has 90 valence electrons. The molecule has 18 heavy (non-hydrogen) atoms. The summed E-state index contributed by atoms with van der Waals surface area (Å²) in [5.74, 6) is 1.07. The van der Waals surface area contributed by atoms with Gasteiger partial charge in [-0.15, -0.1) is 11.3 Å². The number of hydrogen-bond acceptors (Lipinski definition) is 4. The van der Waals surface area contributed by atoms with E-state index < -0.39 is 0 Å². The minimum Gasteiger partial charge on any atom is -0.507 e. The average Bonchev–Trinajstić information content (AvgIpc) is 2.81. The number of hydrogen-bond donors (Lipinski definition) is 1. The summed E-state index contributed by atoms with van der Waals surface area (Å²) >= 11 is 1.54. The van der Waals surface area contributed by atoms with Gasteiger partial charge in [0, 0.05) is 0 Å². The summed E-state index contributed by atoms with van der Waals surface area (Å²) in [4.78, 5) is 4.52. The molecule has 0 fully saturated rings.